The van der Waals surface area contributed by atoms with Crippen molar-refractivity contribution in [1.82, 2.24) is 4.31 Å². The number of benzene rings is 2. The molecule has 2 aliphatic heterocycles. The smallest absolute Gasteiger partial charge is 0.243 e. The molecule has 7 nitrogen and oxygen atoms in total. The lowest BCUT2D eigenvalue weighted by Crippen LogP contribution is -2.41. The molecule has 4 rings (SSSR count). The van der Waals surface area contributed by atoms with E-state index < -0.39 is 10.0 Å². The van der Waals surface area contributed by atoms with Crippen LogP contribution in [0.1, 0.15) is 44.2 Å². The van der Waals surface area contributed by atoms with E-state index in [-0.39, 0.29) is 22.6 Å². The summed E-state index contributed by atoms with van der Waals surface area (Å²) < 4.78 is 28.0. The highest BCUT2D eigenvalue weighted by Crippen LogP contribution is 2.32. The third-order valence-corrected chi connectivity index (χ3v) is 8.54. The molecule has 2 aromatic rings. The number of carbonyl (C=O) groups excluding carboxylic acids is 2. The van der Waals surface area contributed by atoms with E-state index in [0.29, 0.717) is 32.5 Å². The molecule has 33 heavy (non-hydrogen) atoms. The fourth-order valence-electron chi connectivity index (χ4n) is 4.64. The first-order chi connectivity index (χ1) is 15.8. The van der Waals surface area contributed by atoms with E-state index in [1.165, 1.54) is 16.8 Å². The van der Waals surface area contributed by atoms with Gasteiger partial charge in [0.2, 0.25) is 21.8 Å². The van der Waals surface area contributed by atoms with Gasteiger partial charge in [0.25, 0.3) is 0 Å². The Morgan fingerprint density at radius 1 is 1.03 bits per heavy atom. The number of nitrogens with zero attached hydrogens (tertiary/aromatic N) is 2. The topological polar surface area (TPSA) is 86.8 Å². The Morgan fingerprint density at radius 3 is 2.36 bits per heavy atom. The summed E-state index contributed by atoms with van der Waals surface area (Å²) in [5.74, 6) is -0.308. The largest absolute Gasteiger partial charge is 0.326 e. The second-order valence-corrected chi connectivity index (χ2v) is 10.7. The number of hydrogen-bond acceptors (Lipinski definition) is 4. The van der Waals surface area contributed by atoms with Crippen LogP contribution in [0.25, 0.3) is 0 Å². The van der Waals surface area contributed by atoms with Crippen LogP contribution in [0, 0.1) is 5.92 Å². The minimum absolute atomic E-state index is 0.0341. The van der Waals surface area contributed by atoms with Crippen LogP contribution in [-0.2, 0) is 32.5 Å². The van der Waals surface area contributed by atoms with Crippen LogP contribution in [0.2, 0.25) is 0 Å². The number of amides is 2. The molecule has 1 fully saturated rings. The quantitative estimate of drug-likeness (QED) is 0.725. The molecule has 0 saturated carbocycles. The maximum absolute atomic E-state index is 13.3. The highest BCUT2D eigenvalue weighted by molar-refractivity contribution is 7.89. The van der Waals surface area contributed by atoms with E-state index in [0.717, 1.165) is 36.2 Å². The Balaban J connectivity index is 1.40. The standard InChI is InChI=1S/C25H31N3O4S/c1-3-19-6-8-22(9-7-19)26-25(30)20-12-15-27(16-13-20)33(31,32)23-10-11-24-21(17-23)5-4-14-28(24)18(2)29/h6-11,17,20H,3-5,12-16H2,1-2H3,(H,26,30). The van der Waals surface area contributed by atoms with Gasteiger partial charge in [0.15, 0.2) is 0 Å². The van der Waals surface area contributed by atoms with Crippen LogP contribution >= 0.6 is 0 Å². The van der Waals surface area contributed by atoms with Gasteiger partial charge < -0.3 is 10.2 Å². The van der Waals surface area contributed by atoms with Crippen molar-refractivity contribution < 1.29 is 18.0 Å². The van der Waals surface area contributed by atoms with Crippen molar-refractivity contribution >= 4 is 33.2 Å². The van der Waals surface area contributed by atoms with Gasteiger partial charge >= 0.3 is 0 Å². The predicted octanol–water partition coefficient (Wildman–Crippen LogP) is 3.59. The fraction of sp³-hybridized carbons (Fsp3) is 0.440. The molecule has 2 amide bonds. The van der Waals surface area contributed by atoms with Crippen LogP contribution in [-0.4, -0.2) is 44.2 Å². The van der Waals surface area contributed by atoms with Crippen molar-refractivity contribution in [3.8, 4) is 0 Å². The fourth-order valence-corrected chi connectivity index (χ4v) is 6.16. The zero-order chi connectivity index (χ0) is 23.6. The Morgan fingerprint density at radius 2 is 1.73 bits per heavy atom. The number of rotatable bonds is 5. The number of anilines is 2. The van der Waals surface area contributed by atoms with Crippen molar-refractivity contribution in [2.75, 3.05) is 29.9 Å². The number of sulfonamides is 1. The summed E-state index contributed by atoms with van der Waals surface area (Å²) >= 11 is 0. The van der Waals surface area contributed by atoms with Gasteiger partial charge in [0, 0.05) is 43.9 Å². The SMILES string of the molecule is CCc1ccc(NC(=O)C2CCN(S(=O)(=O)c3ccc4c(c3)CCCN4C(C)=O)CC2)cc1. The first-order valence-electron chi connectivity index (χ1n) is 11.6. The first-order valence-corrected chi connectivity index (χ1v) is 13.0. The molecule has 1 saturated heterocycles. The Hall–Kier alpha value is -2.71. The molecule has 1 N–H and O–H groups in total. The number of hydrogen-bond donors (Lipinski definition) is 1. The predicted molar refractivity (Wildman–Crippen MR) is 129 cm³/mol. The maximum atomic E-state index is 13.3. The lowest BCUT2D eigenvalue weighted by Gasteiger charge is -2.32. The highest BCUT2D eigenvalue weighted by atomic mass is 32.2. The second kappa shape index (κ2) is 9.65. The maximum Gasteiger partial charge on any atom is 0.243 e. The molecule has 2 heterocycles. The summed E-state index contributed by atoms with van der Waals surface area (Å²) in [6.45, 7) is 4.89. The van der Waals surface area contributed by atoms with Crippen LogP contribution in [0.15, 0.2) is 47.4 Å². The summed E-state index contributed by atoms with van der Waals surface area (Å²) in [6, 6.07) is 12.8. The van der Waals surface area contributed by atoms with Crippen molar-refractivity contribution in [2.24, 2.45) is 5.92 Å². The van der Waals surface area contributed by atoms with Crippen LogP contribution in [0.4, 0.5) is 11.4 Å². The Labute approximate surface area is 195 Å². The van der Waals surface area contributed by atoms with Gasteiger partial charge in [0.05, 0.1) is 4.90 Å². The summed E-state index contributed by atoms with van der Waals surface area (Å²) in [7, 11) is -3.65. The molecule has 2 aliphatic rings. The highest BCUT2D eigenvalue weighted by Gasteiger charge is 2.33. The van der Waals surface area contributed by atoms with Gasteiger partial charge in [-0.05, 0) is 73.6 Å². The van der Waals surface area contributed by atoms with E-state index in [9.17, 15) is 18.0 Å². The minimum Gasteiger partial charge on any atom is -0.326 e. The third kappa shape index (κ3) is 4.96. The third-order valence-electron chi connectivity index (χ3n) is 6.64. The molecule has 0 radical (unpaired) electrons. The minimum atomic E-state index is -3.65. The van der Waals surface area contributed by atoms with E-state index in [1.54, 1.807) is 23.1 Å². The molecule has 0 aliphatic carbocycles. The molecule has 0 unspecified atom stereocenters. The lowest BCUT2D eigenvalue weighted by atomic mass is 9.97. The molecular formula is C25H31N3O4S. The van der Waals surface area contributed by atoms with Crippen molar-refractivity contribution in [3.05, 3.63) is 53.6 Å². The van der Waals surface area contributed by atoms with Gasteiger partial charge in [-0.25, -0.2) is 8.42 Å². The summed E-state index contributed by atoms with van der Waals surface area (Å²) in [5.41, 5.74) is 3.67. The number of nitrogens with one attached hydrogen (secondary N) is 1. The molecule has 176 valence electrons. The van der Waals surface area contributed by atoms with E-state index >= 15 is 0 Å². The lowest BCUT2D eigenvalue weighted by molar-refractivity contribution is -0.121. The van der Waals surface area contributed by atoms with Crippen molar-refractivity contribution in [1.29, 1.82) is 0 Å². The van der Waals surface area contributed by atoms with E-state index in [1.807, 2.05) is 24.3 Å². The molecule has 0 spiro atoms. The number of aryl methyl sites for hydroxylation is 2. The molecule has 0 bridgehead atoms. The zero-order valence-corrected chi connectivity index (χ0v) is 20.0. The summed E-state index contributed by atoms with van der Waals surface area (Å²) in [5, 5.41) is 2.96. The zero-order valence-electron chi connectivity index (χ0n) is 19.2. The average Bonchev–Trinajstić information content (AvgIpc) is 2.83. The van der Waals surface area contributed by atoms with Gasteiger partial charge in [0.1, 0.15) is 0 Å². The first kappa shape index (κ1) is 23.4. The van der Waals surface area contributed by atoms with Gasteiger partial charge in [-0.3, -0.25) is 9.59 Å². The molecule has 2 aromatic carbocycles. The molecular weight excluding hydrogens is 438 g/mol. The monoisotopic (exact) mass is 469 g/mol. The second-order valence-electron chi connectivity index (χ2n) is 8.78. The number of carbonyl (C=O) groups is 2. The Bertz CT molecular complexity index is 1140. The number of fused-ring (bicyclic) bond motifs is 1. The normalized spacial score (nSPS) is 17.5. The molecule has 8 heteroatoms. The van der Waals surface area contributed by atoms with Crippen molar-refractivity contribution in [2.45, 2.75) is 50.8 Å². The van der Waals surface area contributed by atoms with Crippen molar-refractivity contribution in [3.63, 3.8) is 0 Å². The van der Waals surface area contributed by atoms with Crippen LogP contribution < -0.4 is 10.2 Å². The van der Waals surface area contributed by atoms with Crippen LogP contribution in [0.5, 0.6) is 0 Å². The van der Waals surface area contributed by atoms with E-state index in [4.69, 9.17) is 0 Å². The van der Waals surface area contributed by atoms with Gasteiger partial charge in [-0.2, -0.15) is 4.31 Å². The van der Waals surface area contributed by atoms with Gasteiger partial charge in [-0.15, -0.1) is 0 Å². The van der Waals surface area contributed by atoms with E-state index in [2.05, 4.69) is 12.2 Å². The summed E-state index contributed by atoms with van der Waals surface area (Å²) in [4.78, 5) is 26.5. The number of piperidine rings is 1. The average molecular weight is 470 g/mol. The molecule has 0 atom stereocenters. The Kier molecular flexibility index (Phi) is 6.86. The van der Waals surface area contributed by atoms with Gasteiger partial charge in [-0.1, -0.05) is 19.1 Å². The summed E-state index contributed by atoms with van der Waals surface area (Å²) in [6.07, 6.45) is 3.49. The van der Waals surface area contributed by atoms with Crippen LogP contribution in [0.3, 0.4) is 0 Å². The molecule has 0 aromatic heterocycles.